The van der Waals surface area contributed by atoms with Gasteiger partial charge >= 0.3 is 6.03 Å². The first-order valence-electron chi connectivity index (χ1n) is 9.78. The molecule has 1 aliphatic heterocycles. The van der Waals surface area contributed by atoms with Gasteiger partial charge in [0, 0.05) is 28.9 Å². The van der Waals surface area contributed by atoms with Gasteiger partial charge in [-0.25, -0.2) is 9.79 Å². The molecule has 0 aliphatic carbocycles. The van der Waals surface area contributed by atoms with Crippen LogP contribution in [0.25, 0.3) is 0 Å². The van der Waals surface area contributed by atoms with E-state index in [9.17, 15) is 9.59 Å². The molecule has 0 fully saturated rings. The van der Waals surface area contributed by atoms with E-state index in [1.54, 1.807) is 19.2 Å². The summed E-state index contributed by atoms with van der Waals surface area (Å²) in [5, 5.41) is 5.94. The number of aryl methyl sites for hydroxylation is 1. The maximum absolute atomic E-state index is 13.1. The Morgan fingerprint density at radius 3 is 2.48 bits per heavy atom. The average molecular weight is 433 g/mol. The van der Waals surface area contributed by atoms with Crippen molar-refractivity contribution in [2.45, 2.75) is 13.1 Å². The Hall–Kier alpha value is -3.64. The fourth-order valence-corrected chi connectivity index (χ4v) is 3.58. The number of carbonyl (C=O) groups is 2. The second kappa shape index (κ2) is 8.62. The summed E-state index contributed by atoms with van der Waals surface area (Å²) in [5.41, 5.74) is 4.47. The van der Waals surface area contributed by atoms with E-state index in [4.69, 9.17) is 11.6 Å². The molecule has 0 saturated carbocycles. The number of fused-ring (bicyclic) bond motifs is 1. The smallest absolute Gasteiger partial charge is 0.311 e. The lowest BCUT2D eigenvalue weighted by Crippen LogP contribution is -2.47. The number of rotatable bonds is 3. The van der Waals surface area contributed by atoms with Crippen molar-refractivity contribution in [3.63, 3.8) is 0 Å². The average Bonchev–Trinajstić information content (AvgIpc) is 2.88. The standard InChI is InChI=1S/C24H21ClN4O2/c1-15-12-13-17(14-19(15)25)26-24(31)28-22-23(30)29(2)20-11-7-6-10-18(20)21(27-22)16-8-4-3-5-9-16/h3-14,22H,1-2H3,(H2,26,28,31). The largest absolute Gasteiger partial charge is 0.321 e. The zero-order valence-corrected chi connectivity index (χ0v) is 17.9. The number of benzodiazepines with no additional fused rings is 1. The lowest BCUT2D eigenvalue weighted by atomic mass is 10.0. The molecule has 3 aromatic carbocycles. The first-order chi connectivity index (χ1) is 14.9. The van der Waals surface area contributed by atoms with Gasteiger partial charge in [-0.05, 0) is 30.7 Å². The number of aliphatic imine (C=N–C) groups is 1. The molecule has 3 aromatic rings. The fraction of sp³-hybridized carbons (Fsp3) is 0.125. The summed E-state index contributed by atoms with van der Waals surface area (Å²) >= 11 is 6.14. The molecule has 0 bridgehead atoms. The Morgan fingerprint density at radius 1 is 1.03 bits per heavy atom. The number of urea groups is 1. The van der Waals surface area contributed by atoms with Crippen LogP contribution in [-0.4, -0.2) is 30.9 Å². The van der Waals surface area contributed by atoms with Crippen molar-refractivity contribution in [3.8, 4) is 0 Å². The third-order valence-electron chi connectivity index (χ3n) is 5.09. The molecule has 0 spiro atoms. The van der Waals surface area contributed by atoms with Crippen LogP contribution in [0.2, 0.25) is 5.02 Å². The Bertz CT molecular complexity index is 1180. The second-order valence-corrected chi connectivity index (χ2v) is 7.63. The maximum atomic E-state index is 13.1. The number of benzene rings is 3. The summed E-state index contributed by atoms with van der Waals surface area (Å²) in [5.74, 6) is -0.338. The van der Waals surface area contributed by atoms with Gasteiger partial charge in [0.2, 0.25) is 6.17 Å². The minimum atomic E-state index is -1.09. The van der Waals surface area contributed by atoms with Gasteiger partial charge in [-0.15, -0.1) is 0 Å². The normalized spacial score (nSPS) is 15.6. The summed E-state index contributed by atoms with van der Waals surface area (Å²) in [6, 6.07) is 21.8. The topological polar surface area (TPSA) is 73.8 Å². The lowest BCUT2D eigenvalue weighted by Gasteiger charge is -2.21. The number of halogens is 1. The zero-order chi connectivity index (χ0) is 22.0. The summed E-state index contributed by atoms with van der Waals surface area (Å²) < 4.78 is 0. The highest BCUT2D eigenvalue weighted by atomic mass is 35.5. The van der Waals surface area contributed by atoms with E-state index < -0.39 is 12.2 Å². The number of hydrogen-bond acceptors (Lipinski definition) is 3. The number of para-hydroxylation sites is 1. The van der Waals surface area contributed by atoms with Crippen molar-refractivity contribution >= 4 is 40.6 Å². The lowest BCUT2D eigenvalue weighted by molar-refractivity contribution is -0.119. The summed E-state index contributed by atoms with van der Waals surface area (Å²) in [7, 11) is 1.68. The van der Waals surface area contributed by atoms with E-state index in [1.807, 2.05) is 67.6 Å². The Balaban J connectivity index is 1.67. The predicted octanol–water partition coefficient (Wildman–Crippen LogP) is 4.61. The van der Waals surface area contributed by atoms with Crippen LogP contribution in [0.3, 0.4) is 0 Å². The molecule has 31 heavy (non-hydrogen) atoms. The molecule has 156 valence electrons. The highest BCUT2D eigenvalue weighted by molar-refractivity contribution is 6.31. The van der Waals surface area contributed by atoms with Gasteiger partial charge in [0.25, 0.3) is 5.91 Å². The first-order valence-corrected chi connectivity index (χ1v) is 10.2. The van der Waals surface area contributed by atoms with E-state index >= 15 is 0 Å². The van der Waals surface area contributed by atoms with Crippen molar-refractivity contribution in [1.82, 2.24) is 5.32 Å². The molecule has 1 heterocycles. The van der Waals surface area contributed by atoms with Crippen LogP contribution in [0.4, 0.5) is 16.2 Å². The number of nitrogens with one attached hydrogen (secondary N) is 2. The van der Waals surface area contributed by atoms with E-state index in [0.717, 1.165) is 22.4 Å². The monoisotopic (exact) mass is 432 g/mol. The van der Waals surface area contributed by atoms with Crippen LogP contribution in [0, 0.1) is 6.92 Å². The van der Waals surface area contributed by atoms with Gasteiger partial charge < -0.3 is 15.5 Å². The van der Waals surface area contributed by atoms with Gasteiger partial charge in [-0.2, -0.15) is 0 Å². The second-order valence-electron chi connectivity index (χ2n) is 7.22. The molecule has 2 N–H and O–H groups in total. The molecule has 1 aliphatic rings. The number of likely N-dealkylation sites (N-methyl/N-ethyl adjacent to an activating group) is 1. The van der Waals surface area contributed by atoms with E-state index in [0.29, 0.717) is 16.4 Å². The van der Waals surface area contributed by atoms with Crippen LogP contribution in [0.5, 0.6) is 0 Å². The molecule has 3 amide bonds. The Morgan fingerprint density at radius 2 is 1.74 bits per heavy atom. The maximum Gasteiger partial charge on any atom is 0.321 e. The predicted molar refractivity (Wildman–Crippen MR) is 124 cm³/mol. The third-order valence-corrected chi connectivity index (χ3v) is 5.50. The molecule has 1 atom stereocenters. The van der Waals surface area contributed by atoms with Crippen molar-refractivity contribution in [3.05, 3.63) is 94.5 Å². The molecule has 1 unspecified atom stereocenters. The quantitative estimate of drug-likeness (QED) is 0.634. The van der Waals surface area contributed by atoms with Crippen LogP contribution in [0.1, 0.15) is 16.7 Å². The molecule has 7 heteroatoms. The molecular weight excluding hydrogens is 412 g/mol. The van der Waals surface area contributed by atoms with E-state index in [2.05, 4.69) is 15.6 Å². The van der Waals surface area contributed by atoms with Crippen LogP contribution in [0.15, 0.2) is 77.8 Å². The number of carbonyl (C=O) groups excluding carboxylic acids is 2. The number of amides is 3. The van der Waals surface area contributed by atoms with Gasteiger partial charge in [-0.1, -0.05) is 66.2 Å². The van der Waals surface area contributed by atoms with E-state index in [-0.39, 0.29) is 5.91 Å². The molecular formula is C24H21ClN4O2. The fourth-order valence-electron chi connectivity index (χ4n) is 3.40. The van der Waals surface area contributed by atoms with Gasteiger partial charge in [0.05, 0.1) is 11.4 Å². The molecule has 6 nitrogen and oxygen atoms in total. The van der Waals surface area contributed by atoms with Crippen molar-refractivity contribution in [2.75, 3.05) is 17.3 Å². The van der Waals surface area contributed by atoms with Crippen LogP contribution < -0.4 is 15.5 Å². The minimum absolute atomic E-state index is 0.338. The molecule has 0 radical (unpaired) electrons. The minimum Gasteiger partial charge on any atom is -0.311 e. The Labute approximate surface area is 185 Å². The highest BCUT2D eigenvalue weighted by Crippen LogP contribution is 2.27. The zero-order valence-electron chi connectivity index (χ0n) is 17.1. The Kier molecular flexibility index (Phi) is 5.73. The summed E-state index contributed by atoms with van der Waals surface area (Å²) in [6.07, 6.45) is -1.09. The van der Waals surface area contributed by atoms with Crippen molar-refractivity contribution < 1.29 is 9.59 Å². The molecule has 0 saturated heterocycles. The summed E-state index contributed by atoms with van der Waals surface area (Å²) in [6.45, 7) is 1.88. The van der Waals surface area contributed by atoms with Crippen molar-refractivity contribution in [2.24, 2.45) is 4.99 Å². The number of anilines is 2. The van der Waals surface area contributed by atoms with E-state index in [1.165, 1.54) is 4.90 Å². The molecule has 4 rings (SSSR count). The van der Waals surface area contributed by atoms with Gasteiger partial charge in [0.15, 0.2) is 0 Å². The highest BCUT2D eigenvalue weighted by Gasteiger charge is 2.30. The number of nitrogens with zero attached hydrogens (tertiary/aromatic N) is 2. The third kappa shape index (κ3) is 4.29. The van der Waals surface area contributed by atoms with Gasteiger partial charge in [-0.3, -0.25) is 4.79 Å². The number of hydrogen-bond donors (Lipinski definition) is 2. The summed E-state index contributed by atoms with van der Waals surface area (Å²) in [4.78, 5) is 32.0. The van der Waals surface area contributed by atoms with Crippen LogP contribution >= 0.6 is 11.6 Å². The van der Waals surface area contributed by atoms with Gasteiger partial charge in [0.1, 0.15) is 0 Å². The molecule has 0 aromatic heterocycles. The van der Waals surface area contributed by atoms with Crippen molar-refractivity contribution in [1.29, 1.82) is 0 Å². The SMILES string of the molecule is Cc1ccc(NC(=O)NC2N=C(c3ccccc3)c3ccccc3N(C)C2=O)cc1Cl. The first kappa shape index (κ1) is 20.6. The van der Waals surface area contributed by atoms with Crippen LogP contribution in [-0.2, 0) is 4.79 Å².